The largest absolute Gasteiger partial charge is 0.469 e. The SMILES string of the molecule is COC(=O)CCCCn1c(=O)c(C(=O)NC2CCC(C)CC2)cc2cccnc21. The maximum absolute atomic E-state index is 13.1. The van der Waals surface area contributed by atoms with Gasteiger partial charge in [0.1, 0.15) is 11.2 Å². The Morgan fingerprint density at radius 3 is 2.72 bits per heavy atom. The van der Waals surface area contributed by atoms with E-state index in [-0.39, 0.29) is 29.0 Å². The standard InChI is InChI=1S/C22H29N3O4/c1-15-8-10-17(11-9-15)24-21(27)18-14-16-6-5-12-23-20(16)25(22(18)28)13-4-3-7-19(26)29-2/h5-6,12,14-15,17H,3-4,7-11,13H2,1-2H3,(H,24,27). The zero-order valence-corrected chi connectivity index (χ0v) is 17.1. The summed E-state index contributed by atoms with van der Waals surface area (Å²) < 4.78 is 6.20. The van der Waals surface area contributed by atoms with Crippen molar-refractivity contribution in [2.24, 2.45) is 5.92 Å². The Bertz CT molecular complexity index is 929. The highest BCUT2D eigenvalue weighted by atomic mass is 16.5. The zero-order chi connectivity index (χ0) is 20.8. The van der Waals surface area contributed by atoms with Gasteiger partial charge in [-0.15, -0.1) is 0 Å². The predicted molar refractivity (Wildman–Crippen MR) is 111 cm³/mol. The number of fused-ring (bicyclic) bond motifs is 1. The molecule has 0 unspecified atom stereocenters. The molecule has 156 valence electrons. The lowest BCUT2D eigenvalue weighted by atomic mass is 9.87. The molecule has 29 heavy (non-hydrogen) atoms. The average molecular weight is 399 g/mol. The van der Waals surface area contributed by atoms with Gasteiger partial charge in [0.2, 0.25) is 0 Å². The van der Waals surface area contributed by atoms with Crippen LogP contribution < -0.4 is 10.9 Å². The summed E-state index contributed by atoms with van der Waals surface area (Å²) in [7, 11) is 1.36. The van der Waals surface area contributed by atoms with Crippen LogP contribution in [0, 0.1) is 5.92 Å². The highest BCUT2D eigenvalue weighted by Crippen LogP contribution is 2.23. The number of methoxy groups -OCH3 is 1. The number of nitrogens with one attached hydrogen (secondary N) is 1. The quantitative estimate of drug-likeness (QED) is 0.571. The van der Waals surface area contributed by atoms with E-state index in [1.165, 1.54) is 7.11 Å². The first-order valence-electron chi connectivity index (χ1n) is 10.4. The Labute approximate surface area is 170 Å². The van der Waals surface area contributed by atoms with Gasteiger partial charge in [-0.05, 0) is 62.6 Å². The van der Waals surface area contributed by atoms with Crippen LogP contribution in [0.25, 0.3) is 11.0 Å². The maximum atomic E-state index is 13.1. The van der Waals surface area contributed by atoms with Crippen molar-refractivity contribution in [3.8, 4) is 0 Å². The van der Waals surface area contributed by atoms with Gasteiger partial charge in [0.05, 0.1) is 7.11 Å². The number of hydrogen-bond acceptors (Lipinski definition) is 5. The summed E-state index contributed by atoms with van der Waals surface area (Å²) in [5, 5.41) is 3.80. The average Bonchev–Trinajstić information content (AvgIpc) is 2.73. The molecule has 0 saturated heterocycles. The first-order valence-corrected chi connectivity index (χ1v) is 10.4. The van der Waals surface area contributed by atoms with Gasteiger partial charge in [-0.3, -0.25) is 19.0 Å². The number of rotatable bonds is 7. The lowest BCUT2D eigenvalue weighted by Crippen LogP contribution is -2.40. The van der Waals surface area contributed by atoms with Crippen LogP contribution in [0.15, 0.2) is 29.2 Å². The number of esters is 1. The van der Waals surface area contributed by atoms with Crippen LogP contribution in [-0.2, 0) is 16.1 Å². The third kappa shape index (κ3) is 5.22. The molecule has 1 aliphatic rings. The molecule has 2 heterocycles. The molecule has 0 bridgehead atoms. The molecule has 1 amide bonds. The Morgan fingerprint density at radius 1 is 1.24 bits per heavy atom. The second kappa shape index (κ2) is 9.67. The van der Waals surface area contributed by atoms with E-state index in [0.29, 0.717) is 37.4 Å². The Hall–Kier alpha value is -2.70. The van der Waals surface area contributed by atoms with Gasteiger partial charge in [0.15, 0.2) is 0 Å². The maximum Gasteiger partial charge on any atom is 0.305 e. The van der Waals surface area contributed by atoms with Crippen molar-refractivity contribution in [3.63, 3.8) is 0 Å². The molecule has 1 N–H and O–H groups in total. The van der Waals surface area contributed by atoms with Crippen molar-refractivity contribution in [1.82, 2.24) is 14.9 Å². The summed E-state index contributed by atoms with van der Waals surface area (Å²) in [5.74, 6) is 0.107. The summed E-state index contributed by atoms with van der Waals surface area (Å²) in [5.41, 5.74) is 0.367. The molecule has 2 aromatic heterocycles. The topological polar surface area (TPSA) is 90.3 Å². The fourth-order valence-corrected chi connectivity index (χ4v) is 3.89. The molecular formula is C22H29N3O4. The summed E-state index contributed by atoms with van der Waals surface area (Å²) in [6, 6.07) is 5.40. The first kappa shape index (κ1) is 21.0. The molecule has 0 radical (unpaired) electrons. The number of amides is 1. The van der Waals surface area contributed by atoms with Crippen molar-refractivity contribution in [2.45, 2.75) is 64.5 Å². The molecule has 2 aromatic rings. The number of nitrogens with zero attached hydrogens (tertiary/aromatic N) is 2. The van der Waals surface area contributed by atoms with Gasteiger partial charge >= 0.3 is 5.97 Å². The van der Waals surface area contributed by atoms with Crippen LogP contribution in [0.2, 0.25) is 0 Å². The summed E-state index contributed by atoms with van der Waals surface area (Å²) in [6.07, 6.45) is 7.24. The number of ether oxygens (including phenoxy) is 1. The van der Waals surface area contributed by atoms with Crippen LogP contribution in [0.4, 0.5) is 0 Å². The van der Waals surface area contributed by atoms with Crippen LogP contribution in [0.5, 0.6) is 0 Å². The third-order valence-electron chi connectivity index (χ3n) is 5.68. The van der Waals surface area contributed by atoms with Gasteiger partial charge in [-0.1, -0.05) is 6.92 Å². The fourth-order valence-electron chi connectivity index (χ4n) is 3.89. The summed E-state index contributed by atoms with van der Waals surface area (Å²) in [4.78, 5) is 41.6. The van der Waals surface area contributed by atoms with Crippen molar-refractivity contribution < 1.29 is 14.3 Å². The molecule has 1 fully saturated rings. The molecule has 7 heteroatoms. The van der Waals surface area contributed by atoms with Crippen molar-refractivity contribution in [2.75, 3.05) is 7.11 Å². The van der Waals surface area contributed by atoms with Crippen molar-refractivity contribution in [3.05, 3.63) is 40.3 Å². The van der Waals surface area contributed by atoms with Gasteiger partial charge in [0, 0.05) is 30.6 Å². The number of aryl methyl sites for hydroxylation is 1. The number of pyridine rings is 2. The minimum absolute atomic E-state index is 0.121. The van der Waals surface area contributed by atoms with E-state index < -0.39 is 0 Å². The minimum atomic E-state index is -0.337. The predicted octanol–water partition coefficient (Wildman–Crippen LogP) is 3.05. The molecule has 0 atom stereocenters. The van der Waals surface area contributed by atoms with Crippen LogP contribution in [-0.4, -0.2) is 34.6 Å². The number of unbranched alkanes of at least 4 members (excludes halogenated alkanes) is 1. The first-order chi connectivity index (χ1) is 14.0. The molecular weight excluding hydrogens is 370 g/mol. The second-order valence-corrected chi connectivity index (χ2v) is 7.89. The normalized spacial score (nSPS) is 19.1. The zero-order valence-electron chi connectivity index (χ0n) is 17.1. The molecule has 0 aliphatic heterocycles. The summed E-state index contributed by atoms with van der Waals surface area (Å²) >= 11 is 0. The smallest absolute Gasteiger partial charge is 0.305 e. The molecule has 1 saturated carbocycles. The highest BCUT2D eigenvalue weighted by Gasteiger charge is 2.22. The third-order valence-corrected chi connectivity index (χ3v) is 5.68. The molecule has 3 rings (SSSR count). The summed E-state index contributed by atoms with van der Waals surface area (Å²) in [6.45, 7) is 2.62. The second-order valence-electron chi connectivity index (χ2n) is 7.89. The number of carbonyl (C=O) groups is 2. The molecule has 1 aliphatic carbocycles. The van der Waals surface area contributed by atoms with Gasteiger partial charge in [-0.2, -0.15) is 0 Å². The highest BCUT2D eigenvalue weighted by molar-refractivity contribution is 5.97. The van der Waals surface area contributed by atoms with Gasteiger partial charge in [0.25, 0.3) is 11.5 Å². The van der Waals surface area contributed by atoms with Gasteiger partial charge < -0.3 is 10.1 Å². The van der Waals surface area contributed by atoms with E-state index >= 15 is 0 Å². The van der Waals surface area contributed by atoms with E-state index in [1.54, 1.807) is 22.9 Å². The van der Waals surface area contributed by atoms with E-state index in [0.717, 1.165) is 31.1 Å². The van der Waals surface area contributed by atoms with Gasteiger partial charge in [-0.25, -0.2) is 4.98 Å². The number of aromatic nitrogens is 2. The Kier molecular flexibility index (Phi) is 7.01. The molecule has 0 spiro atoms. The fraction of sp³-hybridized carbons (Fsp3) is 0.545. The van der Waals surface area contributed by atoms with Crippen LogP contribution >= 0.6 is 0 Å². The van der Waals surface area contributed by atoms with Crippen molar-refractivity contribution in [1.29, 1.82) is 0 Å². The van der Waals surface area contributed by atoms with E-state index in [2.05, 4.69) is 22.0 Å². The number of carbonyl (C=O) groups excluding carboxylic acids is 2. The monoisotopic (exact) mass is 399 g/mol. The number of hydrogen-bond donors (Lipinski definition) is 1. The van der Waals surface area contributed by atoms with Crippen LogP contribution in [0.1, 0.15) is 62.2 Å². The lowest BCUT2D eigenvalue weighted by molar-refractivity contribution is -0.140. The van der Waals surface area contributed by atoms with E-state index in [1.807, 2.05) is 6.07 Å². The minimum Gasteiger partial charge on any atom is -0.469 e. The molecule has 7 nitrogen and oxygen atoms in total. The Balaban J connectivity index is 1.80. The van der Waals surface area contributed by atoms with E-state index in [4.69, 9.17) is 0 Å². The lowest BCUT2D eigenvalue weighted by Gasteiger charge is -2.26. The van der Waals surface area contributed by atoms with Crippen molar-refractivity contribution >= 4 is 22.9 Å². The van der Waals surface area contributed by atoms with E-state index in [9.17, 15) is 14.4 Å². The Morgan fingerprint density at radius 2 is 2.00 bits per heavy atom. The van der Waals surface area contributed by atoms with Crippen LogP contribution in [0.3, 0.4) is 0 Å². The molecule has 0 aromatic carbocycles.